The highest BCUT2D eigenvalue weighted by Gasteiger charge is 2.39. The number of benzene rings is 2. The Morgan fingerprint density at radius 1 is 0.525 bits per heavy atom. The molecule has 2 heterocycles. The molecule has 0 saturated carbocycles. The summed E-state index contributed by atoms with van der Waals surface area (Å²) in [6.45, 7) is 7.67. The quantitative estimate of drug-likeness (QED) is 0.0142. The molecule has 1 aliphatic rings. The number of carbonyl (C=O) groups excluding carboxylic acids is 16. The van der Waals surface area contributed by atoms with Gasteiger partial charge in [0.1, 0.15) is 84.0 Å². The van der Waals surface area contributed by atoms with Crippen LogP contribution in [-0.2, 0) is 96.0 Å². The number of phenols is 2. The number of phenolic OH excluding ortho intramolecular Hbond substituents is 2. The van der Waals surface area contributed by atoms with E-state index >= 15 is 4.79 Å². The first-order chi connectivity index (χ1) is 56.7. The Bertz CT molecular complexity index is 4040. The van der Waals surface area contributed by atoms with Crippen molar-refractivity contribution in [2.75, 3.05) is 26.2 Å². The molecule has 2 unspecified atom stereocenters. The molecule has 1 fully saturated rings. The maximum Gasteiger partial charge on any atom is 0.243 e. The minimum absolute atomic E-state index is 0.00330. The average Bonchev–Trinajstić information content (AvgIpc) is 1.11. The molecule has 13 atom stereocenters. The fraction of sp³-hybridized carbons (Fsp3) is 0.547. The normalized spacial score (nSPS) is 18.2. The van der Waals surface area contributed by atoms with E-state index in [2.05, 4.69) is 95.0 Å². The first-order valence-corrected chi connectivity index (χ1v) is 39.2. The summed E-state index contributed by atoms with van der Waals surface area (Å²) in [6, 6.07) is -8.24. The van der Waals surface area contributed by atoms with Crippen LogP contribution in [0.15, 0.2) is 61.1 Å². The van der Waals surface area contributed by atoms with Crippen LogP contribution < -0.4 is 119 Å². The monoisotopic (exact) mass is 1680 g/mol. The van der Waals surface area contributed by atoms with E-state index in [0.29, 0.717) is 11.1 Å². The Labute approximate surface area is 692 Å². The second-order valence-electron chi connectivity index (χ2n) is 29.4. The molecule has 0 aliphatic carbocycles. The number of primary amides is 3. The Kier molecular flexibility index (Phi) is 42.0. The van der Waals surface area contributed by atoms with E-state index in [1.807, 2.05) is 0 Å². The summed E-state index contributed by atoms with van der Waals surface area (Å²) >= 11 is 0. The van der Waals surface area contributed by atoms with Gasteiger partial charge in [0.15, 0.2) is 17.9 Å². The smallest absolute Gasteiger partial charge is 0.243 e. The molecule has 3 aromatic rings. The van der Waals surface area contributed by atoms with Crippen molar-refractivity contribution in [3.8, 4) is 11.5 Å². The number of aromatic nitrogens is 2. The number of aromatic amines is 1. The summed E-state index contributed by atoms with van der Waals surface area (Å²) in [4.78, 5) is 233. The third-order valence-electron chi connectivity index (χ3n) is 18.9. The third-order valence-corrected chi connectivity index (χ3v) is 18.9. The molecule has 0 radical (unpaired) electrons. The number of H-pyrrole nitrogens is 1. The van der Waals surface area contributed by atoms with E-state index in [1.54, 1.807) is 27.7 Å². The largest absolute Gasteiger partial charge is 0.508 e. The lowest BCUT2D eigenvalue weighted by Gasteiger charge is -2.30. The first-order valence-electron chi connectivity index (χ1n) is 39.2. The van der Waals surface area contributed by atoms with Crippen molar-refractivity contribution >= 4 is 112 Å². The van der Waals surface area contributed by atoms with Crippen molar-refractivity contribution in [3.63, 3.8) is 0 Å². The molecular weight excluding hydrogens is 1570 g/mol. The van der Waals surface area contributed by atoms with E-state index in [-0.39, 0.29) is 139 Å². The van der Waals surface area contributed by atoms with Gasteiger partial charge in [-0.2, -0.15) is 0 Å². The summed E-state index contributed by atoms with van der Waals surface area (Å²) in [5, 5.41) is 83.8. The number of rotatable bonds is 42. The highest BCUT2D eigenvalue weighted by Crippen LogP contribution is 2.18. The maximum absolute atomic E-state index is 15.0. The first kappa shape index (κ1) is 98.9. The number of carbonyl (C=O) groups is 16. The van der Waals surface area contributed by atoms with Gasteiger partial charge in [-0.15, -0.1) is 0 Å². The molecule has 34 N–H and O–H groups in total. The molecule has 120 heavy (non-hydrogen) atoms. The number of imidazole rings is 1. The molecule has 1 aliphatic heterocycles. The summed E-state index contributed by atoms with van der Waals surface area (Å²) in [6.07, 6.45) is -1.57. The second kappa shape index (κ2) is 50.9. The lowest BCUT2D eigenvalue weighted by atomic mass is 9.96. The molecule has 0 spiro atoms. The van der Waals surface area contributed by atoms with Gasteiger partial charge in [-0.05, 0) is 118 Å². The Hall–Kier alpha value is -13.4. The lowest BCUT2D eigenvalue weighted by molar-refractivity contribution is -0.137. The summed E-state index contributed by atoms with van der Waals surface area (Å²) in [5.41, 5.74) is 34.5. The Balaban J connectivity index is 1.77. The SMILES string of the molecule is CC[C@H](C)[C@@H]1NC(=O)C(CC(C)C)NC(=O)[C@H](CC(N)=O)NC(=O)[C@@H](NC(=O)[C@H](Cc2ccc(O)cc2)NC(=O)[C@H](Cc2c[nH]cn2)NC(=O)[C@H](CCCNC(=N)N)NC(C)=O)CCCCNC(=O)CCC(C(=O)N[C@@H](CCCNC(=N)N)C(=O)N[C@@H](CC(N)=O)C(=O)N[C@@H](CCCNC(=N)N)C(=O)N[C@@H](Cc2ccc(O)cc2)C(N)=O)NC1=O. The van der Waals surface area contributed by atoms with Crippen LogP contribution in [0.4, 0.5) is 0 Å². The number of hydrogen-bond donors (Lipinski definition) is 28. The summed E-state index contributed by atoms with van der Waals surface area (Å²) < 4.78 is 0. The number of guanidine groups is 3. The number of amides is 16. The van der Waals surface area contributed by atoms with Gasteiger partial charge >= 0.3 is 0 Å². The van der Waals surface area contributed by atoms with Crippen LogP contribution in [0.2, 0.25) is 0 Å². The fourth-order valence-corrected chi connectivity index (χ4v) is 12.4. The molecule has 45 heteroatoms. The molecule has 660 valence electrons. The zero-order valence-corrected chi connectivity index (χ0v) is 67.8. The molecule has 2 aromatic carbocycles. The van der Waals surface area contributed by atoms with E-state index in [4.69, 9.17) is 50.6 Å². The van der Waals surface area contributed by atoms with Gasteiger partial charge < -0.3 is 135 Å². The van der Waals surface area contributed by atoms with Crippen LogP contribution >= 0.6 is 0 Å². The van der Waals surface area contributed by atoms with Crippen molar-refractivity contribution in [2.45, 2.75) is 223 Å². The van der Waals surface area contributed by atoms with E-state index in [9.17, 15) is 82.1 Å². The van der Waals surface area contributed by atoms with Gasteiger partial charge in [0.25, 0.3) is 0 Å². The number of nitrogens with two attached hydrogens (primary N) is 6. The minimum atomic E-state index is -1.91. The van der Waals surface area contributed by atoms with Gasteiger partial charge in [0.05, 0.1) is 24.9 Å². The van der Waals surface area contributed by atoms with Gasteiger partial charge in [-0.1, -0.05) is 58.4 Å². The highest BCUT2D eigenvalue weighted by molar-refractivity contribution is 6.01. The zero-order chi connectivity index (χ0) is 89.3. The predicted molar refractivity (Wildman–Crippen MR) is 434 cm³/mol. The molecule has 1 aromatic heterocycles. The summed E-state index contributed by atoms with van der Waals surface area (Å²) in [7, 11) is 0. The van der Waals surface area contributed by atoms with Crippen molar-refractivity contribution in [1.29, 1.82) is 16.2 Å². The number of hydrogen-bond acceptors (Lipinski definition) is 22. The minimum Gasteiger partial charge on any atom is -0.508 e. The van der Waals surface area contributed by atoms with Crippen LogP contribution in [0.1, 0.15) is 148 Å². The highest BCUT2D eigenvalue weighted by atomic mass is 16.3. The number of nitrogens with one attached hydrogen (secondary N) is 20. The molecule has 16 amide bonds. The van der Waals surface area contributed by atoms with Crippen molar-refractivity contribution in [2.24, 2.45) is 46.2 Å². The van der Waals surface area contributed by atoms with Crippen LogP contribution in [0, 0.1) is 28.1 Å². The molecule has 45 nitrogen and oxygen atoms in total. The Morgan fingerprint density at radius 3 is 1.48 bits per heavy atom. The van der Waals surface area contributed by atoms with E-state index in [0.717, 1.165) is 0 Å². The van der Waals surface area contributed by atoms with Gasteiger partial charge in [0.2, 0.25) is 94.5 Å². The molecule has 4 rings (SSSR count). The fourth-order valence-electron chi connectivity index (χ4n) is 12.4. The number of nitrogens with zero attached hydrogens (tertiary/aromatic N) is 1. The third kappa shape index (κ3) is 37.2. The van der Waals surface area contributed by atoms with Crippen LogP contribution in [0.25, 0.3) is 0 Å². The van der Waals surface area contributed by atoms with Crippen LogP contribution in [-0.4, -0.2) is 231 Å². The van der Waals surface area contributed by atoms with Crippen molar-refractivity contribution in [1.82, 2.24) is 95.0 Å². The predicted octanol–water partition coefficient (Wildman–Crippen LogP) is -7.12. The summed E-state index contributed by atoms with van der Waals surface area (Å²) in [5.74, 6) is -18.8. The van der Waals surface area contributed by atoms with Crippen molar-refractivity contribution < 1.29 is 86.9 Å². The zero-order valence-electron chi connectivity index (χ0n) is 67.8. The lowest BCUT2D eigenvalue weighted by Crippen LogP contribution is -2.62. The molecule has 1 saturated heterocycles. The number of aromatic hydroxyl groups is 2. The van der Waals surface area contributed by atoms with Gasteiger partial charge in [0, 0.05) is 65.0 Å². The topological polar surface area (TPSA) is 762 Å². The van der Waals surface area contributed by atoms with E-state index in [1.165, 1.54) is 68.0 Å². The molecular formula is C75H117N27O18. The van der Waals surface area contributed by atoms with E-state index < -0.39 is 216 Å². The Morgan fingerprint density at radius 2 is 0.992 bits per heavy atom. The average molecular weight is 1680 g/mol. The van der Waals surface area contributed by atoms with Gasteiger partial charge in [-0.3, -0.25) is 92.9 Å². The van der Waals surface area contributed by atoms with Crippen LogP contribution in [0.3, 0.4) is 0 Å². The maximum atomic E-state index is 15.0. The standard InChI is InChI=1S/C75H117N27O18/c1-6-39(4)60-72(120)95-50(66(114)92-49(15-11-29-89-75(83)84)65(113)100-55(34-57(76)106)69(117)94-48(14-10-28-88-74(81)82)63(111)96-51(61(78)109)31-41-16-20-44(104)21-17-41)24-25-59(108)86-26-8-7-12-47(64(112)101-56(35-58(77)107)70(118)97-52(30-38(2)3)71(119)102-60)93-67(115)53(32-42-18-22-45(105)23-19-42)98-68(116)54(33-43-36-85-37-90-43)99-62(110)46(91-40(5)103)13-9-27-87-73(79)80/h16-23,36-39,46-56,60,104-105H,6-15,24-35H2,1-5H3,(H2,76,106)(H2,77,107)(H2,78,109)(H,85,90)(H,86,108)(H,91,103)(H,92,114)(H,93,115)(H,94,117)(H,95,120)(H,96,111)(H,97,118)(H,98,116)(H,99,110)(H,100,113)(H,101,112)(H,102,119)(H4,79,80,87)(H4,81,82,88)(H4,83,84,89)/t39-,46-,47-,48-,49-,50?,51-,52?,53-,54-,55-,56-,60-/m0/s1. The van der Waals surface area contributed by atoms with Crippen LogP contribution in [0.5, 0.6) is 11.5 Å². The van der Waals surface area contributed by atoms with Crippen molar-refractivity contribution in [3.05, 3.63) is 77.9 Å². The van der Waals surface area contributed by atoms with Gasteiger partial charge in [-0.25, -0.2) is 4.98 Å². The molecule has 0 bridgehead atoms. The second-order valence-corrected chi connectivity index (χ2v) is 29.4.